The van der Waals surface area contributed by atoms with E-state index < -0.39 is 0 Å². The van der Waals surface area contributed by atoms with Crippen LogP contribution in [0.1, 0.15) is 5.82 Å². The molecule has 0 aromatic carbocycles. The Hall–Kier alpha value is -0.920. The van der Waals surface area contributed by atoms with Crippen molar-refractivity contribution in [2.45, 2.75) is 15.9 Å². The van der Waals surface area contributed by atoms with Gasteiger partial charge in [-0.05, 0) is 23.3 Å². The molecule has 2 aromatic heterocycles. The number of aryl methyl sites for hydroxylation is 1. The number of methoxy groups -OCH3 is 1. The highest BCUT2D eigenvalue weighted by Crippen LogP contribution is 2.26. The standard InChI is InChI=1S/C9H12N4OS2/c1-13-5-4-10-8(13)15-9-11-7(12-16-9)3-6-14-2/h4-5H,3,6H2,1-2H3. The summed E-state index contributed by atoms with van der Waals surface area (Å²) < 4.78 is 12.1. The maximum Gasteiger partial charge on any atom is 0.177 e. The zero-order chi connectivity index (χ0) is 11.4. The Morgan fingerprint density at radius 3 is 3.12 bits per heavy atom. The van der Waals surface area contributed by atoms with E-state index in [1.54, 1.807) is 13.3 Å². The molecule has 16 heavy (non-hydrogen) atoms. The van der Waals surface area contributed by atoms with Gasteiger partial charge in [-0.25, -0.2) is 9.97 Å². The van der Waals surface area contributed by atoms with Crippen LogP contribution in [0.3, 0.4) is 0 Å². The normalized spacial score (nSPS) is 10.9. The molecule has 0 aliphatic rings. The molecule has 0 aliphatic carbocycles. The Morgan fingerprint density at radius 1 is 1.56 bits per heavy atom. The molecule has 0 saturated heterocycles. The van der Waals surface area contributed by atoms with E-state index >= 15 is 0 Å². The minimum Gasteiger partial charge on any atom is -0.384 e. The van der Waals surface area contributed by atoms with Crippen LogP contribution in [0.2, 0.25) is 0 Å². The van der Waals surface area contributed by atoms with Crippen molar-refractivity contribution in [3.05, 3.63) is 18.2 Å². The van der Waals surface area contributed by atoms with Crippen molar-refractivity contribution in [1.29, 1.82) is 0 Å². The lowest BCUT2D eigenvalue weighted by atomic mass is 10.4. The van der Waals surface area contributed by atoms with E-state index in [-0.39, 0.29) is 0 Å². The van der Waals surface area contributed by atoms with Crippen LogP contribution in [-0.2, 0) is 18.2 Å². The van der Waals surface area contributed by atoms with Gasteiger partial charge in [-0.3, -0.25) is 0 Å². The number of hydrogen-bond donors (Lipinski definition) is 0. The first-order chi connectivity index (χ1) is 7.79. The first-order valence-electron chi connectivity index (χ1n) is 4.76. The van der Waals surface area contributed by atoms with Gasteiger partial charge in [0.05, 0.1) is 6.61 Å². The number of aromatic nitrogens is 4. The molecule has 0 unspecified atom stereocenters. The van der Waals surface area contributed by atoms with E-state index in [9.17, 15) is 0 Å². The first-order valence-corrected chi connectivity index (χ1v) is 6.35. The summed E-state index contributed by atoms with van der Waals surface area (Å²) in [5.74, 6) is 0.837. The zero-order valence-electron chi connectivity index (χ0n) is 9.08. The third kappa shape index (κ3) is 2.81. The summed E-state index contributed by atoms with van der Waals surface area (Å²) in [6.07, 6.45) is 4.44. The van der Waals surface area contributed by atoms with Gasteiger partial charge in [0.25, 0.3) is 0 Å². The highest BCUT2D eigenvalue weighted by atomic mass is 32.2. The van der Waals surface area contributed by atoms with Crippen molar-refractivity contribution in [3.63, 3.8) is 0 Å². The minimum absolute atomic E-state index is 0.656. The predicted molar refractivity (Wildman–Crippen MR) is 62.8 cm³/mol. The highest BCUT2D eigenvalue weighted by Gasteiger charge is 2.08. The molecular weight excluding hydrogens is 244 g/mol. The molecule has 0 bridgehead atoms. The van der Waals surface area contributed by atoms with Gasteiger partial charge in [0.2, 0.25) is 0 Å². The Labute approximate surface area is 102 Å². The molecule has 2 heterocycles. The van der Waals surface area contributed by atoms with Crippen molar-refractivity contribution in [2.75, 3.05) is 13.7 Å². The van der Waals surface area contributed by atoms with Crippen LogP contribution < -0.4 is 0 Å². The molecule has 0 saturated carbocycles. The molecule has 0 aliphatic heterocycles. The summed E-state index contributed by atoms with van der Waals surface area (Å²) in [7, 11) is 3.64. The van der Waals surface area contributed by atoms with E-state index in [0.717, 1.165) is 21.7 Å². The van der Waals surface area contributed by atoms with Crippen molar-refractivity contribution < 1.29 is 4.74 Å². The molecule has 0 N–H and O–H groups in total. The molecule has 7 heteroatoms. The van der Waals surface area contributed by atoms with E-state index in [4.69, 9.17) is 4.74 Å². The number of ether oxygens (including phenoxy) is 1. The van der Waals surface area contributed by atoms with E-state index in [0.29, 0.717) is 6.61 Å². The predicted octanol–water partition coefficient (Wildman–Crippen LogP) is 1.61. The molecule has 2 rings (SSSR count). The monoisotopic (exact) mass is 256 g/mol. The van der Waals surface area contributed by atoms with Crippen molar-refractivity contribution >= 4 is 23.3 Å². The lowest BCUT2D eigenvalue weighted by Gasteiger charge is -1.96. The van der Waals surface area contributed by atoms with Crippen LogP contribution in [-0.4, -0.2) is 32.6 Å². The molecule has 0 radical (unpaired) electrons. The van der Waals surface area contributed by atoms with Crippen molar-refractivity contribution in [3.8, 4) is 0 Å². The second kappa shape index (κ2) is 5.42. The first kappa shape index (κ1) is 11.6. The second-order valence-electron chi connectivity index (χ2n) is 3.14. The van der Waals surface area contributed by atoms with Gasteiger partial charge >= 0.3 is 0 Å². The fourth-order valence-corrected chi connectivity index (χ4v) is 2.67. The van der Waals surface area contributed by atoms with Gasteiger partial charge in [-0.15, -0.1) is 0 Å². The van der Waals surface area contributed by atoms with Gasteiger partial charge in [0.15, 0.2) is 9.50 Å². The lowest BCUT2D eigenvalue weighted by molar-refractivity contribution is 0.200. The van der Waals surface area contributed by atoms with Gasteiger partial charge in [0, 0.05) is 33.0 Å². The van der Waals surface area contributed by atoms with Crippen LogP contribution in [0, 0.1) is 0 Å². The highest BCUT2D eigenvalue weighted by molar-refractivity contribution is 8.00. The molecule has 0 spiro atoms. The Balaban J connectivity index is 2.00. The zero-order valence-corrected chi connectivity index (χ0v) is 10.7. The van der Waals surface area contributed by atoms with Gasteiger partial charge < -0.3 is 9.30 Å². The quantitative estimate of drug-likeness (QED) is 0.813. The number of imidazole rings is 1. The van der Waals surface area contributed by atoms with Crippen molar-refractivity contribution in [2.24, 2.45) is 7.05 Å². The van der Waals surface area contributed by atoms with Crippen LogP contribution in [0.4, 0.5) is 0 Å². The SMILES string of the molecule is COCCc1nsc(Sc2nccn2C)n1. The smallest absolute Gasteiger partial charge is 0.177 e. The summed E-state index contributed by atoms with van der Waals surface area (Å²) in [5, 5.41) is 0.925. The molecular formula is C9H12N4OS2. The Bertz CT molecular complexity index is 454. The lowest BCUT2D eigenvalue weighted by Crippen LogP contribution is -1.96. The van der Waals surface area contributed by atoms with E-state index in [1.165, 1.54) is 23.3 Å². The summed E-state index contributed by atoms with van der Waals surface area (Å²) >= 11 is 2.93. The largest absolute Gasteiger partial charge is 0.384 e. The second-order valence-corrected chi connectivity index (χ2v) is 5.11. The molecule has 0 atom stereocenters. The number of rotatable bonds is 5. The topological polar surface area (TPSA) is 52.8 Å². The Morgan fingerprint density at radius 2 is 2.44 bits per heavy atom. The van der Waals surface area contributed by atoms with Gasteiger partial charge in [0.1, 0.15) is 5.82 Å². The van der Waals surface area contributed by atoms with Crippen LogP contribution in [0.5, 0.6) is 0 Å². The number of nitrogens with zero attached hydrogens (tertiary/aromatic N) is 4. The van der Waals surface area contributed by atoms with Gasteiger partial charge in [-0.2, -0.15) is 4.37 Å². The van der Waals surface area contributed by atoms with Crippen LogP contribution >= 0.6 is 23.3 Å². The summed E-state index contributed by atoms with van der Waals surface area (Å²) in [4.78, 5) is 8.62. The fourth-order valence-electron chi connectivity index (χ4n) is 1.10. The summed E-state index contributed by atoms with van der Waals surface area (Å²) in [6, 6.07) is 0. The molecule has 2 aromatic rings. The Kier molecular flexibility index (Phi) is 3.92. The molecule has 0 fully saturated rings. The van der Waals surface area contributed by atoms with E-state index in [1.807, 2.05) is 17.8 Å². The fraction of sp³-hybridized carbons (Fsp3) is 0.444. The van der Waals surface area contributed by atoms with Gasteiger partial charge in [-0.1, -0.05) is 0 Å². The van der Waals surface area contributed by atoms with Crippen molar-refractivity contribution in [1.82, 2.24) is 18.9 Å². The molecule has 86 valence electrons. The van der Waals surface area contributed by atoms with Crippen LogP contribution in [0.15, 0.2) is 21.9 Å². The summed E-state index contributed by atoms with van der Waals surface area (Å²) in [6.45, 7) is 0.656. The summed E-state index contributed by atoms with van der Waals surface area (Å²) in [5.41, 5.74) is 0. The minimum atomic E-state index is 0.656. The third-order valence-electron chi connectivity index (χ3n) is 1.93. The maximum absolute atomic E-state index is 4.98. The maximum atomic E-state index is 4.98. The average Bonchev–Trinajstić information content (AvgIpc) is 2.87. The molecule has 0 amide bonds. The number of hydrogen-bond acceptors (Lipinski definition) is 6. The third-order valence-corrected chi connectivity index (χ3v) is 3.80. The van der Waals surface area contributed by atoms with Crippen LogP contribution in [0.25, 0.3) is 0 Å². The van der Waals surface area contributed by atoms with E-state index in [2.05, 4.69) is 14.3 Å². The molecule has 5 nitrogen and oxygen atoms in total. The average molecular weight is 256 g/mol.